The lowest BCUT2D eigenvalue weighted by Crippen LogP contribution is -2.10. The molecule has 1 aromatic rings. The first-order valence-electron chi connectivity index (χ1n) is 5.75. The Labute approximate surface area is 101 Å². The molecule has 0 bridgehead atoms. The van der Waals surface area contributed by atoms with Crippen LogP contribution >= 0.6 is 0 Å². The van der Waals surface area contributed by atoms with E-state index >= 15 is 0 Å². The highest BCUT2D eigenvalue weighted by Gasteiger charge is 2.29. The van der Waals surface area contributed by atoms with Gasteiger partial charge in [-0.15, -0.1) is 0 Å². The fourth-order valence-electron chi connectivity index (χ4n) is 1.83. The van der Waals surface area contributed by atoms with Gasteiger partial charge in [0.25, 0.3) is 5.92 Å². The third-order valence-electron chi connectivity index (χ3n) is 2.67. The summed E-state index contributed by atoms with van der Waals surface area (Å²) < 4.78 is 31.9. The number of alkyl halides is 2. The number of aryl methyl sites for hydroxylation is 1. The van der Waals surface area contributed by atoms with Gasteiger partial charge in [-0.1, -0.05) is 12.1 Å². The molecule has 2 N–H and O–H groups in total. The van der Waals surface area contributed by atoms with E-state index in [9.17, 15) is 8.78 Å². The summed E-state index contributed by atoms with van der Waals surface area (Å²) in [5.74, 6) is -2.58. The standard InChI is InChI=1S/C13H19F2NO/c1-13(14,15)11-8-5-7-10(12(11)17-2)6-3-4-9-16/h5,7-8H,3-4,6,9,16H2,1-2H3. The molecule has 0 aliphatic carbocycles. The maximum Gasteiger partial charge on any atom is 0.274 e. The molecule has 1 aromatic carbocycles. The quantitative estimate of drug-likeness (QED) is 0.779. The molecule has 0 radical (unpaired) electrons. The SMILES string of the molecule is COc1c(CCCCN)cccc1C(C)(F)F. The number of benzene rings is 1. The average molecular weight is 243 g/mol. The van der Waals surface area contributed by atoms with Gasteiger partial charge in [0.1, 0.15) is 5.75 Å². The van der Waals surface area contributed by atoms with Crippen LogP contribution in [0.15, 0.2) is 18.2 Å². The molecule has 4 heteroatoms. The molecule has 96 valence electrons. The number of halogens is 2. The number of hydrogen-bond donors (Lipinski definition) is 1. The molecular formula is C13H19F2NO. The van der Waals surface area contributed by atoms with Crippen LogP contribution in [0.1, 0.15) is 30.9 Å². The van der Waals surface area contributed by atoms with E-state index in [1.165, 1.54) is 13.2 Å². The first-order chi connectivity index (χ1) is 8.00. The number of ether oxygens (including phenoxy) is 1. The Bertz CT molecular complexity index is 361. The molecule has 0 atom stereocenters. The Morgan fingerprint density at radius 2 is 2.00 bits per heavy atom. The zero-order chi connectivity index (χ0) is 12.9. The number of nitrogens with two attached hydrogens (primary N) is 1. The monoisotopic (exact) mass is 243 g/mol. The number of hydrogen-bond acceptors (Lipinski definition) is 2. The Kier molecular flexibility index (Phi) is 4.87. The fraction of sp³-hybridized carbons (Fsp3) is 0.538. The molecule has 0 amide bonds. The number of methoxy groups -OCH3 is 1. The molecule has 0 aliphatic rings. The van der Waals surface area contributed by atoms with Gasteiger partial charge in [-0.05, 0) is 37.4 Å². The Hall–Kier alpha value is -1.16. The van der Waals surface area contributed by atoms with Crippen molar-refractivity contribution in [3.8, 4) is 5.75 Å². The van der Waals surface area contributed by atoms with Crippen molar-refractivity contribution < 1.29 is 13.5 Å². The average Bonchev–Trinajstić information content (AvgIpc) is 2.28. The Balaban J connectivity index is 2.98. The number of rotatable bonds is 6. The summed E-state index contributed by atoms with van der Waals surface area (Å²) in [7, 11) is 1.43. The van der Waals surface area contributed by atoms with Gasteiger partial charge in [0, 0.05) is 6.92 Å². The normalized spacial score (nSPS) is 11.6. The molecule has 0 aliphatic heterocycles. The maximum absolute atomic E-state index is 13.4. The first kappa shape index (κ1) is 13.9. The maximum atomic E-state index is 13.4. The lowest BCUT2D eigenvalue weighted by molar-refractivity contribution is 0.0149. The Morgan fingerprint density at radius 3 is 2.53 bits per heavy atom. The summed E-state index contributed by atoms with van der Waals surface area (Å²) in [6.07, 6.45) is 2.48. The molecule has 0 saturated heterocycles. The largest absolute Gasteiger partial charge is 0.496 e. The van der Waals surface area contributed by atoms with E-state index in [1.54, 1.807) is 6.07 Å². The van der Waals surface area contributed by atoms with Crippen LogP contribution in [0, 0.1) is 0 Å². The molecule has 0 saturated carbocycles. The van der Waals surface area contributed by atoms with Crippen molar-refractivity contribution in [3.05, 3.63) is 29.3 Å². The highest BCUT2D eigenvalue weighted by Crippen LogP contribution is 2.36. The van der Waals surface area contributed by atoms with Crippen molar-refractivity contribution in [2.75, 3.05) is 13.7 Å². The third-order valence-corrected chi connectivity index (χ3v) is 2.67. The predicted molar refractivity (Wildman–Crippen MR) is 64.6 cm³/mol. The van der Waals surface area contributed by atoms with E-state index in [1.807, 2.05) is 6.07 Å². The van der Waals surface area contributed by atoms with Gasteiger partial charge in [-0.25, -0.2) is 8.78 Å². The minimum atomic E-state index is -2.88. The minimum Gasteiger partial charge on any atom is -0.496 e. The molecule has 0 unspecified atom stereocenters. The van der Waals surface area contributed by atoms with Crippen LogP contribution in [0.2, 0.25) is 0 Å². The van der Waals surface area contributed by atoms with Crippen LogP contribution in [0.5, 0.6) is 5.75 Å². The van der Waals surface area contributed by atoms with E-state index in [-0.39, 0.29) is 5.56 Å². The van der Waals surface area contributed by atoms with Crippen molar-refractivity contribution in [1.82, 2.24) is 0 Å². The minimum absolute atomic E-state index is 0.0507. The predicted octanol–water partition coefficient (Wildman–Crippen LogP) is 3.09. The van der Waals surface area contributed by atoms with E-state index in [4.69, 9.17) is 10.5 Å². The lowest BCUT2D eigenvalue weighted by Gasteiger charge is -2.17. The van der Waals surface area contributed by atoms with Crippen LogP contribution in [0.4, 0.5) is 8.78 Å². The summed E-state index contributed by atoms with van der Waals surface area (Å²) in [4.78, 5) is 0. The van der Waals surface area contributed by atoms with Gasteiger partial charge in [-0.3, -0.25) is 0 Å². The van der Waals surface area contributed by atoms with Crippen LogP contribution < -0.4 is 10.5 Å². The summed E-state index contributed by atoms with van der Waals surface area (Å²) in [6.45, 7) is 1.50. The smallest absolute Gasteiger partial charge is 0.274 e. The van der Waals surface area contributed by atoms with Crippen molar-refractivity contribution in [3.63, 3.8) is 0 Å². The van der Waals surface area contributed by atoms with Crippen molar-refractivity contribution in [2.24, 2.45) is 5.73 Å². The van der Waals surface area contributed by atoms with Gasteiger partial charge in [0.2, 0.25) is 0 Å². The number of para-hydroxylation sites is 1. The van der Waals surface area contributed by atoms with Gasteiger partial charge in [-0.2, -0.15) is 0 Å². The molecule has 1 rings (SSSR count). The van der Waals surface area contributed by atoms with E-state index < -0.39 is 5.92 Å². The van der Waals surface area contributed by atoms with Crippen molar-refractivity contribution in [2.45, 2.75) is 32.1 Å². The zero-order valence-corrected chi connectivity index (χ0v) is 10.3. The second kappa shape index (κ2) is 5.96. The fourth-order valence-corrected chi connectivity index (χ4v) is 1.83. The lowest BCUT2D eigenvalue weighted by atomic mass is 10.0. The topological polar surface area (TPSA) is 35.2 Å². The Morgan fingerprint density at radius 1 is 1.29 bits per heavy atom. The van der Waals surface area contributed by atoms with Crippen LogP contribution in [0.3, 0.4) is 0 Å². The molecular weight excluding hydrogens is 224 g/mol. The summed E-state index contributed by atoms with van der Waals surface area (Å²) >= 11 is 0. The van der Waals surface area contributed by atoms with E-state index in [0.29, 0.717) is 18.7 Å². The number of unbranched alkanes of at least 4 members (excludes halogenated alkanes) is 1. The van der Waals surface area contributed by atoms with Crippen LogP contribution in [-0.2, 0) is 12.3 Å². The molecule has 0 fully saturated rings. The first-order valence-corrected chi connectivity index (χ1v) is 5.75. The van der Waals surface area contributed by atoms with Crippen molar-refractivity contribution in [1.29, 1.82) is 0 Å². The second-order valence-corrected chi connectivity index (χ2v) is 4.13. The van der Waals surface area contributed by atoms with Gasteiger partial charge >= 0.3 is 0 Å². The molecule has 0 spiro atoms. The second-order valence-electron chi connectivity index (χ2n) is 4.13. The molecule has 17 heavy (non-hydrogen) atoms. The van der Waals surface area contributed by atoms with Crippen LogP contribution in [0.25, 0.3) is 0 Å². The highest BCUT2D eigenvalue weighted by atomic mass is 19.3. The third kappa shape index (κ3) is 3.66. The van der Waals surface area contributed by atoms with E-state index in [2.05, 4.69) is 0 Å². The van der Waals surface area contributed by atoms with Crippen molar-refractivity contribution >= 4 is 0 Å². The van der Waals surface area contributed by atoms with Crippen LogP contribution in [-0.4, -0.2) is 13.7 Å². The van der Waals surface area contributed by atoms with E-state index in [0.717, 1.165) is 25.3 Å². The summed E-state index contributed by atoms with van der Waals surface area (Å²) in [5, 5.41) is 0. The van der Waals surface area contributed by atoms with Gasteiger partial charge in [0.15, 0.2) is 0 Å². The molecule has 0 heterocycles. The summed E-state index contributed by atoms with van der Waals surface area (Å²) in [6, 6.07) is 4.88. The highest BCUT2D eigenvalue weighted by molar-refractivity contribution is 5.43. The molecule has 2 nitrogen and oxygen atoms in total. The molecule has 0 aromatic heterocycles. The van der Waals surface area contributed by atoms with Gasteiger partial charge in [0.05, 0.1) is 12.7 Å². The summed E-state index contributed by atoms with van der Waals surface area (Å²) in [5.41, 5.74) is 6.18. The van der Waals surface area contributed by atoms with Gasteiger partial charge < -0.3 is 10.5 Å². The zero-order valence-electron chi connectivity index (χ0n) is 10.3.